The van der Waals surface area contributed by atoms with E-state index in [1.807, 2.05) is 14.1 Å². The molecule has 0 bridgehead atoms. The van der Waals surface area contributed by atoms with Gasteiger partial charge < -0.3 is 27.2 Å². The number of hydrogen-bond acceptors (Lipinski definition) is 4. The lowest BCUT2D eigenvalue weighted by atomic mass is 10.2. The average Bonchev–Trinajstić information content (AvgIpc) is 2.12. The summed E-state index contributed by atoms with van der Waals surface area (Å²) in [6, 6.07) is -1.47. The van der Waals surface area contributed by atoms with Gasteiger partial charge in [0.15, 0.2) is 0 Å². The first kappa shape index (κ1) is 16.1. The lowest BCUT2D eigenvalue weighted by Gasteiger charge is -2.05. The van der Waals surface area contributed by atoms with Crippen molar-refractivity contribution in [3.8, 4) is 0 Å². The molecule has 0 fully saturated rings. The number of urea groups is 1. The van der Waals surface area contributed by atoms with Crippen LogP contribution in [-0.4, -0.2) is 43.8 Å². The largest absolute Gasteiger partial charge is 0.480 e. The number of nitrogens with two attached hydrogens (primary N) is 2. The normalized spacial score (nSPS) is 10.9. The van der Waals surface area contributed by atoms with Crippen LogP contribution >= 0.6 is 0 Å². The first-order valence-electron chi connectivity index (χ1n) is 4.55. The molecule has 0 aliphatic heterocycles. The van der Waals surface area contributed by atoms with Crippen molar-refractivity contribution >= 4 is 12.0 Å². The van der Waals surface area contributed by atoms with Crippen molar-refractivity contribution in [1.29, 1.82) is 0 Å². The van der Waals surface area contributed by atoms with Crippen LogP contribution in [-0.2, 0) is 4.79 Å². The standard InChI is InChI=1S/C6H13N3O3.C2H7N/c7-4(5(10)11)2-1-3-9-6(8)12;1-3-2/h4H,1-3,7H2,(H,10,11)(H3,8,9,12);3H,1-2H3. The van der Waals surface area contributed by atoms with Gasteiger partial charge in [0.05, 0.1) is 0 Å². The third-order valence-electron chi connectivity index (χ3n) is 1.31. The molecule has 0 heterocycles. The summed E-state index contributed by atoms with van der Waals surface area (Å²) in [5.41, 5.74) is 9.96. The zero-order valence-electron chi connectivity index (χ0n) is 9.12. The predicted octanol–water partition coefficient (Wildman–Crippen LogP) is -1.32. The van der Waals surface area contributed by atoms with Gasteiger partial charge in [0, 0.05) is 6.54 Å². The Hall–Kier alpha value is -1.34. The molecule has 7 nitrogen and oxygen atoms in total. The Balaban J connectivity index is 0. The van der Waals surface area contributed by atoms with E-state index in [0.717, 1.165) is 0 Å². The fourth-order valence-corrected chi connectivity index (χ4v) is 0.657. The highest BCUT2D eigenvalue weighted by Gasteiger charge is 2.09. The van der Waals surface area contributed by atoms with Gasteiger partial charge in [-0.3, -0.25) is 4.79 Å². The third kappa shape index (κ3) is 15.4. The zero-order chi connectivity index (χ0) is 12.3. The number of carboxylic acids is 1. The number of nitrogens with one attached hydrogen (secondary N) is 2. The van der Waals surface area contributed by atoms with Crippen molar-refractivity contribution in [3.05, 3.63) is 0 Å². The van der Waals surface area contributed by atoms with Gasteiger partial charge in [-0.05, 0) is 26.9 Å². The second-order valence-electron chi connectivity index (χ2n) is 2.88. The molecule has 0 aromatic rings. The van der Waals surface area contributed by atoms with E-state index < -0.39 is 18.0 Å². The minimum Gasteiger partial charge on any atom is -0.480 e. The van der Waals surface area contributed by atoms with Crippen LogP contribution in [0.2, 0.25) is 0 Å². The topological polar surface area (TPSA) is 130 Å². The Morgan fingerprint density at radius 1 is 1.40 bits per heavy atom. The molecule has 0 rings (SSSR count). The highest BCUT2D eigenvalue weighted by molar-refractivity contribution is 5.73. The fraction of sp³-hybridized carbons (Fsp3) is 0.750. The molecule has 1 unspecified atom stereocenters. The lowest BCUT2D eigenvalue weighted by molar-refractivity contribution is -0.138. The molecule has 7 heteroatoms. The van der Waals surface area contributed by atoms with Gasteiger partial charge >= 0.3 is 12.0 Å². The number of carbonyl (C=O) groups excluding carboxylic acids is 1. The second-order valence-corrected chi connectivity index (χ2v) is 2.88. The number of rotatable bonds is 5. The molecular weight excluding hydrogens is 200 g/mol. The quantitative estimate of drug-likeness (QED) is 0.367. The Bertz CT molecular complexity index is 187. The van der Waals surface area contributed by atoms with Gasteiger partial charge in [-0.1, -0.05) is 0 Å². The van der Waals surface area contributed by atoms with E-state index in [1.54, 1.807) is 0 Å². The maximum Gasteiger partial charge on any atom is 0.320 e. The number of carboxylic acid groups (broad SMARTS) is 1. The number of carbonyl (C=O) groups is 2. The van der Waals surface area contributed by atoms with E-state index in [-0.39, 0.29) is 0 Å². The molecule has 2 amide bonds. The summed E-state index contributed by atoms with van der Waals surface area (Å²) in [4.78, 5) is 20.3. The fourth-order valence-electron chi connectivity index (χ4n) is 0.657. The van der Waals surface area contributed by atoms with E-state index >= 15 is 0 Å². The molecule has 0 aliphatic carbocycles. The molecule has 0 aromatic heterocycles. The molecule has 0 spiro atoms. The minimum atomic E-state index is -1.03. The summed E-state index contributed by atoms with van der Waals surface area (Å²) >= 11 is 0. The van der Waals surface area contributed by atoms with Gasteiger partial charge in [0.2, 0.25) is 0 Å². The molecule has 7 N–H and O–H groups in total. The molecule has 0 radical (unpaired) electrons. The average molecular weight is 220 g/mol. The Kier molecular flexibility index (Phi) is 11.5. The molecule has 0 aromatic carbocycles. The highest BCUT2D eigenvalue weighted by atomic mass is 16.4. The number of aliphatic carboxylic acids is 1. The molecule has 90 valence electrons. The molecule has 0 aliphatic rings. The first-order valence-corrected chi connectivity index (χ1v) is 4.55. The second kappa shape index (κ2) is 10.7. The van der Waals surface area contributed by atoms with Crippen LogP contribution in [0.3, 0.4) is 0 Å². The first-order chi connectivity index (χ1) is 6.95. The maximum atomic E-state index is 10.2. The summed E-state index contributed by atoms with van der Waals surface area (Å²) in [5, 5.41) is 13.4. The molecule has 15 heavy (non-hydrogen) atoms. The lowest BCUT2D eigenvalue weighted by Crippen LogP contribution is -2.33. The van der Waals surface area contributed by atoms with Crippen molar-refractivity contribution in [2.75, 3.05) is 20.6 Å². The van der Waals surface area contributed by atoms with Crippen molar-refractivity contribution in [1.82, 2.24) is 10.6 Å². The monoisotopic (exact) mass is 220 g/mol. The van der Waals surface area contributed by atoms with Crippen LogP contribution in [0.15, 0.2) is 0 Å². The highest BCUT2D eigenvalue weighted by Crippen LogP contribution is 1.92. The Morgan fingerprint density at radius 3 is 2.20 bits per heavy atom. The van der Waals surface area contributed by atoms with Crippen LogP contribution < -0.4 is 22.1 Å². The van der Waals surface area contributed by atoms with Crippen LogP contribution in [0.25, 0.3) is 0 Å². The minimum absolute atomic E-state index is 0.329. The van der Waals surface area contributed by atoms with Crippen molar-refractivity contribution < 1.29 is 14.7 Å². The van der Waals surface area contributed by atoms with Crippen molar-refractivity contribution in [3.63, 3.8) is 0 Å². The van der Waals surface area contributed by atoms with Gasteiger partial charge in [0.1, 0.15) is 6.04 Å². The third-order valence-corrected chi connectivity index (χ3v) is 1.31. The number of primary amides is 1. The summed E-state index contributed by atoms with van der Waals surface area (Å²) in [6.45, 7) is 0.357. The van der Waals surface area contributed by atoms with E-state index in [1.165, 1.54) is 0 Å². The van der Waals surface area contributed by atoms with E-state index in [4.69, 9.17) is 16.6 Å². The summed E-state index contributed by atoms with van der Waals surface area (Å²) in [7, 11) is 3.75. The van der Waals surface area contributed by atoms with Crippen LogP contribution in [0.5, 0.6) is 0 Å². The smallest absolute Gasteiger partial charge is 0.320 e. The molecule has 1 atom stereocenters. The number of amides is 2. The van der Waals surface area contributed by atoms with Crippen molar-refractivity contribution in [2.24, 2.45) is 11.5 Å². The van der Waals surface area contributed by atoms with Gasteiger partial charge in [0.25, 0.3) is 0 Å². The van der Waals surface area contributed by atoms with Crippen LogP contribution in [0.1, 0.15) is 12.8 Å². The van der Waals surface area contributed by atoms with Crippen LogP contribution in [0, 0.1) is 0 Å². The van der Waals surface area contributed by atoms with Gasteiger partial charge in [-0.25, -0.2) is 4.79 Å². The molecular formula is C8H20N4O3. The van der Waals surface area contributed by atoms with Gasteiger partial charge in [-0.15, -0.1) is 0 Å². The van der Waals surface area contributed by atoms with Crippen molar-refractivity contribution in [2.45, 2.75) is 18.9 Å². The predicted molar refractivity (Wildman–Crippen MR) is 57.4 cm³/mol. The summed E-state index contributed by atoms with van der Waals surface area (Å²) in [5.74, 6) is -1.03. The Labute approximate surface area is 89.2 Å². The maximum absolute atomic E-state index is 10.2. The molecule has 0 saturated carbocycles. The number of hydrogen-bond donors (Lipinski definition) is 5. The SMILES string of the molecule is CNC.NC(=O)NCCCC(N)C(=O)O. The van der Waals surface area contributed by atoms with Gasteiger partial charge in [-0.2, -0.15) is 0 Å². The van der Waals surface area contributed by atoms with E-state index in [9.17, 15) is 9.59 Å². The molecule has 0 saturated heterocycles. The zero-order valence-corrected chi connectivity index (χ0v) is 9.12. The summed E-state index contributed by atoms with van der Waals surface area (Å²) in [6.07, 6.45) is 0.839. The van der Waals surface area contributed by atoms with E-state index in [2.05, 4.69) is 10.6 Å². The van der Waals surface area contributed by atoms with Crippen LogP contribution in [0.4, 0.5) is 4.79 Å². The van der Waals surface area contributed by atoms with E-state index in [0.29, 0.717) is 19.4 Å². The summed E-state index contributed by atoms with van der Waals surface area (Å²) < 4.78 is 0. The Morgan fingerprint density at radius 2 is 1.87 bits per heavy atom.